The van der Waals surface area contributed by atoms with Crippen LogP contribution in [0.4, 0.5) is 0 Å². The molecule has 19 heteroatoms. The van der Waals surface area contributed by atoms with Crippen molar-refractivity contribution in [2.75, 3.05) is 39.6 Å². The maximum atomic E-state index is 13.1. The monoisotopic (exact) mass is 1420 g/mol. The zero-order chi connectivity index (χ0) is 71.4. The minimum Gasteiger partial charge on any atom is -0.462 e. The maximum absolute atomic E-state index is 13.1. The van der Waals surface area contributed by atoms with Crippen molar-refractivity contribution in [2.45, 2.75) is 426 Å². The second-order valence-corrected chi connectivity index (χ2v) is 31.7. The Labute approximate surface area is 594 Å². The van der Waals surface area contributed by atoms with Gasteiger partial charge in [-0.3, -0.25) is 37.3 Å². The van der Waals surface area contributed by atoms with Gasteiger partial charge < -0.3 is 33.8 Å². The molecule has 0 saturated carbocycles. The Morgan fingerprint density at radius 1 is 0.299 bits per heavy atom. The smallest absolute Gasteiger partial charge is 0.462 e. The molecular weight excluding hydrogens is 1270 g/mol. The van der Waals surface area contributed by atoms with E-state index in [9.17, 15) is 43.2 Å². The van der Waals surface area contributed by atoms with Crippen LogP contribution in [0.5, 0.6) is 0 Å². The highest BCUT2D eigenvalue weighted by atomic mass is 31.2. The topological polar surface area (TPSA) is 237 Å². The highest BCUT2D eigenvalue weighted by Gasteiger charge is 2.30. The van der Waals surface area contributed by atoms with Gasteiger partial charge in [-0.05, 0) is 37.5 Å². The molecule has 0 aromatic heterocycles. The summed E-state index contributed by atoms with van der Waals surface area (Å²) in [5.74, 6) is -0.529. The number of rotatable bonds is 77. The average molecular weight is 1420 g/mol. The van der Waals surface area contributed by atoms with Crippen molar-refractivity contribution in [3.8, 4) is 0 Å². The molecule has 6 atom stereocenters. The number of aliphatic hydroxyl groups is 1. The Balaban J connectivity index is 5.17. The van der Waals surface area contributed by atoms with Gasteiger partial charge in [-0.1, -0.05) is 356 Å². The van der Waals surface area contributed by atoms with Gasteiger partial charge in [0, 0.05) is 25.7 Å². The Kier molecular flexibility index (Phi) is 68.4. The minimum atomic E-state index is -4.96. The molecule has 0 heterocycles. The number of hydrogen-bond acceptors (Lipinski definition) is 15. The van der Waals surface area contributed by atoms with Crippen LogP contribution in [0, 0.1) is 11.8 Å². The molecule has 0 aliphatic rings. The standard InChI is InChI=1S/C78H152O17P2/c1-7-10-12-14-16-17-18-19-20-23-27-30-33-36-43-49-55-61-76(81)89-67-74(94-77(82)62-56-50-44-37-34-31-28-25-22-21-24-26-29-32-35-41-46-52-58-70(4)5)69-93-97(86,87)91-65-72(79)64-90-96(84,85)92-68-73(66-88-75(80)60-54-48-40-15-13-11-8-2)95-78(83)63-57-51-45-39-38-42-47-53-59-71(6)9-3/h70-74,79H,7-69H2,1-6H3,(H,84,85)(H,86,87)/t71?,72-,73+,74+/m0/s1. The number of carbonyl (C=O) groups is 4. The lowest BCUT2D eigenvalue weighted by atomic mass is 9.99. The quantitative estimate of drug-likeness (QED) is 0.0222. The van der Waals surface area contributed by atoms with E-state index in [1.165, 1.54) is 212 Å². The van der Waals surface area contributed by atoms with E-state index in [1.807, 2.05) is 0 Å². The molecule has 0 aliphatic heterocycles. The van der Waals surface area contributed by atoms with E-state index >= 15 is 0 Å². The lowest BCUT2D eigenvalue weighted by Gasteiger charge is -2.21. The lowest BCUT2D eigenvalue weighted by Crippen LogP contribution is -2.30. The number of phosphoric ester groups is 2. The highest BCUT2D eigenvalue weighted by Crippen LogP contribution is 2.45. The van der Waals surface area contributed by atoms with E-state index in [-0.39, 0.29) is 25.7 Å². The fourth-order valence-electron chi connectivity index (χ4n) is 12.0. The van der Waals surface area contributed by atoms with E-state index in [2.05, 4.69) is 41.5 Å². The molecule has 0 fully saturated rings. The molecule has 3 unspecified atom stereocenters. The van der Waals surface area contributed by atoms with Gasteiger partial charge in [-0.15, -0.1) is 0 Å². The minimum absolute atomic E-state index is 0.105. The van der Waals surface area contributed by atoms with Crippen LogP contribution in [0.2, 0.25) is 0 Å². The second kappa shape index (κ2) is 69.8. The summed E-state index contributed by atoms with van der Waals surface area (Å²) in [6.07, 6.45) is 58.5. The summed E-state index contributed by atoms with van der Waals surface area (Å²) in [5.41, 5.74) is 0. The summed E-state index contributed by atoms with van der Waals surface area (Å²) >= 11 is 0. The molecule has 0 radical (unpaired) electrons. The largest absolute Gasteiger partial charge is 0.472 e. The third-order valence-corrected chi connectivity index (χ3v) is 20.5. The summed E-state index contributed by atoms with van der Waals surface area (Å²) in [7, 11) is -9.91. The number of aliphatic hydroxyl groups excluding tert-OH is 1. The molecule has 17 nitrogen and oxygen atoms in total. The zero-order valence-corrected chi connectivity index (χ0v) is 65.2. The molecular formula is C78H152O17P2. The van der Waals surface area contributed by atoms with Crippen LogP contribution in [0.25, 0.3) is 0 Å². The van der Waals surface area contributed by atoms with Crippen molar-refractivity contribution >= 4 is 39.5 Å². The van der Waals surface area contributed by atoms with Gasteiger partial charge in [0.25, 0.3) is 0 Å². The first-order valence-corrected chi connectivity index (χ1v) is 43.5. The van der Waals surface area contributed by atoms with Gasteiger partial charge in [-0.2, -0.15) is 0 Å². The zero-order valence-electron chi connectivity index (χ0n) is 63.4. The fourth-order valence-corrected chi connectivity index (χ4v) is 13.6. The fraction of sp³-hybridized carbons (Fsp3) is 0.949. The number of ether oxygens (including phenoxy) is 4. The van der Waals surface area contributed by atoms with Crippen molar-refractivity contribution in [1.29, 1.82) is 0 Å². The number of hydrogen-bond donors (Lipinski definition) is 3. The third kappa shape index (κ3) is 70.9. The Hall–Kier alpha value is -1.94. The van der Waals surface area contributed by atoms with Crippen LogP contribution in [-0.4, -0.2) is 96.7 Å². The molecule has 0 bridgehead atoms. The van der Waals surface area contributed by atoms with E-state index in [1.54, 1.807) is 0 Å². The van der Waals surface area contributed by atoms with Crippen molar-refractivity contribution < 1.29 is 80.2 Å². The van der Waals surface area contributed by atoms with Crippen LogP contribution >= 0.6 is 15.6 Å². The number of phosphoric acid groups is 2. The molecule has 0 saturated heterocycles. The molecule has 3 N–H and O–H groups in total. The first kappa shape index (κ1) is 95.1. The van der Waals surface area contributed by atoms with E-state index in [4.69, 9.17) is 37.0 Å². The van der Waals surface area contributed by atoms with Gasteiger partial charge >= 0.3 is 39.5 Å². The van der Waals surface area contributed by atoms with Gasteiger partial charge in [-0.25, -0.2) is 9.13 Å². The SMILES string of the molecule is CCCCCCCCCCCCCCCCCCCC(=O)OC[C@H](COP(=O)(O)OC[C@@H](O)COP(=O)(O)OC[C@@H](COC(=O)CCCCCCCCC)OC(=O)CCCCCCCCCCC(C)CC)OC(=O)CCCCCCCCCCCCCCCCCCCCC(C)C. The Morgan fingerprint density at radius 3 is 0.784 bits per heavy atom. The van der Waals surface area contributed by atoms with Crippen LogP contribution in [0.3, 0.4) is 0 Å². The predicted octanol–water partition coefficient (Wildman–Crippen LogP) is 23.1. The summed E-state index contributed by atoms with van der Waals surface area (Å²) < 4.78 is 68.5. The van der Waals surface area contributed by atoms with Crippen LogP contribution < -0.4 is 0 Å². The summed E-state index contributed by atoms with van der Waals surface area (Å²) in [6, 6.07) is 0. The molecule has 0 aromatic rings. The van der Waals surface area contributed by atoms with E-state index in [0.29, 0.717) is 25.7 Å². The molecule has 0 amide bonds. The summed E-state index contributed by atoms with van der Waals surface area (Å²) in [6.45, 7) is 9.60. The third-order valence-electron chi connectivity index (χ3n) is 18.6. The average Bonchev–Trinajstić information content (AvgIpc) is 1.09. The Morgan fingerprint density at radius 2 is 0.526 bits per heavy atom. The maximum Gasteiger partial charge on any atom is 0.472 e. The van der Waals surface area contributed by atoms with Gasteiger partial charge in [0.05, 0.1) is 26.4 Å². The molecule has 97 heavy (non-hydrogen) atoms. The second-order valence-electron chi connectivity index (χ2n) is 28.8. The lowest BCUT2D eigenvalue weighted by molar-refractivity contribution is -0.161. The van der Waals surface area contributed by atoms with Crippen LogP contribution in [-0.2, 0) is 65.4 Å². The highest BCUT2D eigenvalue weighted by molar-refractivity contribution is 7.47. The molecule has 0 aromatic carbocycles. The number of carbonyl (C=O) groups excluding carboxylic acids is 4. The first-order chi connectivity index (χ1) is 46.9. The number of esters is 4. The van der Waals surface area contributed by atoms with E-state index in [0.717, 1.165) is 115 Å². The van der Waals surface area contributed by atoms with Crippen molar-refractivity contribution in [1.82, 2.24) is 0 Å². The predicted molar refractivity (Wildman–Crippen MR) is 395 cm³/mol. The molecule has 0 spiro atoms. The summed E-state index contributed by atoms with van der Waals surface area (Å²) in [4.78, 5) is 72.7. The van der Waals surface area contributed by atoms with Gasteiger partial charge in [0.2, 0.25) is 0 Å². The molecule has 0 rings (SSSR count). The van der Waals surface area contributed by atoms with E-state index < -0.39 is 97.5 Å². The summed E-state index contributed by atoms with van der Waals surface area (Å²) in [5, 5.41) is 10.6. The van der Waals surface area contributed by atoms with Crippen LogP contribution in [0.15, 0.2) is 0 Å². The van der Waals surface area contributed by atoms with Crippen LogP contribution in [0.1, 0.15) is 408 Å². The number of unbranched alkanes of at least 4 members (excludes halogenated alkanes) is 46. The normalized spacial score (nSPS) is 14.2. The first-order valence-electron chi connectivity index (χ1n) is 40.5. The molecule has 0 aliphatic carbocycles. The molecule has 576 valence electrons. The van der Waals surface area contributed by atoms with Gasteiger partial charge in [0.15, 0.2) is 12.2 Å². The van der Waals surface area contributed by atoms with Crippen molar-refractivity contribution in [3.05, 3.63) is 0 Å². The van der Waals surface area contributed by atoms with Crippen molar-refractivity contribution in [2.24, 2.45) is 11.8 Å². The van der Waals surface area contributed by atoms with Gasteiger partial charge in [0.1, 0.15) is 19.3 Å². The van der Waals surface area contributed by atoms with Crippen molar-refractivity contribution in [3.63, 3.8) is 0 Å². The Bertz CT molecular complexity index is 1870.